The van der Waals surface area contributed by atoms with Gasteiger partial charge in [-0.1, -0.05) is 15.9 Å². The van der Waals surface area contributed by atoms with Crippen LogP contribution >= 0.6 is 15.9 Å². The number of piperidine rings is 1. The molecule has 2 aliphatic heterocycles. The summed E-state index contributed by atoms with van der Waals surface area (Å²) in [7, 11) is 0. The van der Waals surface area contributed by atoms with Gasteiger partial charge in [-0.25, -0.2) is 0 Å². The minimum atomic E-state index is -4.23. The Morgan fingerprint density at radius 3 is 2.24 bits per heavy atom. The Morgan fingerprint density at radius 2 is 1.76 bits per heavy atom. The number of hydrogen-bond acceptors (Lipinski definition) is 1. The number of alkyl halides is 4. The molecule has 2 saturated heterocycles. The monoisotopic (exact) mass is 313 g/mol. The van der Waals surface area contributed by atoms with Gasteiger partial charge in [0.1, 0.15) is 0 Å². The lowest BCUT2D eigenvalue weighted by molar-refractivity contribution is -0.151. The molecule has 6 heteroatoms. The number of fused-ring (bicyclic) bond motifs is 2. The summed E-state index contributed by atoms with van der Waals surface area (Å²) in [6.45, 7) is 0. The van der Waals surface area contributed by atoms with Crippen LogP contribution in [0, 0.1) is 0 Å². The molecule has 2 unspecified atom stereocenters. The van der Waals surface area contributed by atoms with E-state index in [0.29, 0.717) is 4.83 Å². The SMILES string of the molecule is O=C(CCC(F)(F)F)N1C2CCC1CC(Br)C2. The van der Waals surface area contributed by atoms with Gasteiger partial charge in [0.15, 0.2) is 0 Å². The summed E-state index contributed by atoms with van der Waals surface area (Å²) in [4.78, 5) is 13.9. The van der Waals surface area contributed by atoms with E-state index in [1.807, 2.05) is 0 Å². The minimum Gasteiger partial charge on any atom is -0.337 e. The van der Waals surface area contributed by atoms with Crippen LogP contribution in [0.25, 0.3) is 0 Å². The normalized spacial score (nSPS) is 32.9. The zero-order valence-electron chi connectivity index (χ0n) is 9.34. The highest BCUT2D eigenvalue weighted by atomic mass is 79.9. The maximum atomic E-state index is 12.1. The molecular weight excluding hydrogens is 299 g/mol. The van der Waals surface area contributed by atoms with Crippen molar-refractivity contribution >= 4 is 21.8 Å². The molecular formula is C11H15BrF3NO. The highest BCUT2D eigenvalue weighted by Crippen LogP contribution is 2.39. The fourth-order valence-corrected chi connectivity index (χ4v) is 3.76. The Morgan fingerprint density at radius 1 is 1.24 bits per heavy atom. The molecule has 1 amide bonds. The van der Waals surface area contributed by atoms with Gasteiger partial charge >= 0.3 is 6.18 Å². The predicted octanol–water partition coefficient (Wildman–Crippen LogP) is 3.25. The van der Waals surface area contributed by atoms with E-state index >= 15 is 0 Å². The largest absolute Gasteiger partial charge is 0.389 e. The Balaban J connectivity index is 1.92. The molecule has 0 aromatic heterocycles. The first-order valence-corrected chi connectivity index (χ1v) is 6.80. The van der Waals surface area contributed by atoms with E-state index in [0.717, 1.165) is 25.7 Å². The Kier molecular flexibility index (Phi) is 3.71. The molecule has 17 heavy (non-hydrogen) atoms. The molecule has 2 atom stereocenters. The molecule has 0 N–H and O–H groups in total. The summed E-state index contributed by atoms with van der Waals surface area (Å²) < 4.78 is 36.2. The molecule has 2 aliphatic rings. The molecule has 2 heterocycles. The van der Waals surface area contributed by atoms with E-state index in [1.165, 1.54) is 0 Å². The van der Waals surface area contributed by atoms with Crippen molar-refractivity contribution in [3.63, 3.8) is 0 Å². The maximum absolute atomic E-state index is 12.1. The van der Waals surface area contributed by atoms with Gasteiger partial charge in [-0.3, -0.25) is 4.79 Å². The molecule has 2 rings (SSSR count). The number of carbonyl (C=O) groups excluding carboxylic acids is 1. The van der Waals surface area contributed by atoms with Crippen molar-refractivity contribution in [3.05, 3.63) is 0 Å². The second kappa shape index (κ2) is 4.78. The lowest BCUT2D eigenvalue weighted by Gasteiger charge is -2.37. The number of halogens is 4. The number of nitrogens with zero attached hydrogens (tertiary/aromatic N) is 1. The first kappa shape index (κ1) is 13.2. The van der Waals surface area contributed by atoms with E-state index in [2.05, 4.69) is 15.9 Å². The topological polar surface area (TPSA) is 20.3 Å². The highest BCUT2D eigenvalue weighted by molar-refractivity contribution is 9.09. The molecule has 0 radical (unpaired) electrons. The number of hydrogen-bond donors (Lipinski definition) is 0. The average Bonchev–Trinajstić information content (AvgIpc) is 2.47. The van der Waals surface area contributed by atoms with Crippen LogP contribution in [-0.2, 0) is 4.79 Å². The molecule has 2 nitrogen and oxygen atoms in total. The number of carbonyl (C=O) groups is 1. The lowest BCUT2D eigenvalue weighted by Crippen LogP contribution is -2.47. The molecule has 98 valence electrons. The van der Waals surface area contributed by atoms with Crippen molar-refractivity contribution in [3.8, 4) is 0 Å². The summed E-state index contributed by atoms with van der Waals surface area (Å²) in [5, 5.41) is 0. The summed E-state index contributed by atoms with van der Waals surface area (Å²) in [6.07, 6.45) is -2.02. The van der Waals surface area contributed by atoms with E-state index in [-0.39, 0.29) is 18.0 Å². The Bertz CT molecular complexity index is 294. The third-order valence-corrected chi connectivity index (χ3v) is 4.33. The first-order valence-electron chi connectivity index (χ1n) is 5.89. The van der Waals surface area contributed by atoms with Gasteiger partial charge in [0, 0.05) is 23.3 Å². The summed E-state index contributed by atoms with van der Waals surface area (Å²) in [5.41, 5.74) is 0. The van der Waals surface area contributed by atoms with Crippen LogP contribution in [-0.4, -0.2) is 33.9 Å². The molecule has 0 aromatic rings. The minimum absolute atomic E-state index is 0.152. The number of amides is 1. The smallest absolute Gasteiger partial charge is 0.337 e. The lowest BCUT2D eigenvalue weighted by atomic mass is 10.0. The molecule has 0 saturated carbocycles. The fourth-order valence-electron chi connectivity index (χ4n) is 2.90. The Labute approximate surface area is 107 Å². The second-order valence-corrected chi connectivity index (χ2v) is 6.16. The van der Waals surface area contributed by atoms with Gasteiger partial charge in [-0.15, -0.1) is 0 Å². The molecule has 0 aromatic carbocycles. The summed E-state index contributed by atoms with van der Waals surface area (Å²) in [5.74, 6) is -0.325. The molecule has 0 spiro atoms. The van der Waals surface area contributed by atoms with E-state index < -0.39 is 19.0 Å². The van der Waals surface area contributed by atoms with Crippen LogP contribution in [0.2, 0.25) is 0 Å². The van der Waals surface area contributed by atoms with Crippen molar-refractivity contribution in [2.45, 2.75) is 61.6 Å². The molecule has 2 fully saturated rings. The van der Waals surface area contributed by atoms with Gasteiger partial charge in [-0.05, 0) is 25.7 Å². The van der Waals surface area contributed by atoms with Crippen molar-refractivity contribution in [1.82, 2.24) is 4.90 Å². The molecule has 2 bridgehead atoms. The fraction of sp³-hybridized carbons (Fsp3) is 0.909. The van der Waals surface area contributed by atoms with Crippen LogP contribution in [0.15, 0.2) is 0 Å². The van der Waals surface area contributed by atoms with Crippen molar-refractivity contribution in [1.29, 1.82) is 0 Å². The van der Waals surface area contributed by atoms with E-state index in [9.17, 15) is 18.0 Å². The van der Waals surface area contributed by atoms with Gasteiger partial charge < -0.3 is 4.90 Å². The zero-order valence-corrected chi connectivity index (χ0v) is 10.9. The van der Waals surface area contributed by atoms with Gasteiger partial charge in [0.05, 0.1) is 6.42 Å². The standard InChI is InChI=1S/C11H15BrF3NO/c12-7-5-8-1-2-9(6-7)16(8)10(17)3-4-11(13,14)15/h7-9H,1-6H2. The van der Waals surface area contributed by atoms with Gasteiger partial charge in [0.2, 0.25) is 5.91 Å². The quantitative estimate of drug-likeness (QED) is 0.717. The van der Waals surface area contributed by atoms with Crippen LogP contribution in [0.3, 0.4) is 0 Å². The predicted molar refractivity (Wildman–Crippen MR) is 60.9 cm³/mol. The van der Waals surface area contributed by atoms with Gasteiger partial charge in [0.25, 0.3) is 0 Å². The van der Waals surface area contributed by atoms with Crippen LogP contribution < -0.4 is 0 Å². The van der Waals surface area contributed by atoms with Crippen LogP contribution in [0.5, 0.6) is 0 Å². The summed E-state index contributed by atoms with van der Waals surface area (Å²) in [6, 6.07) is 0.303. The van der Waals surface area contributed by atoms with Crippen LogP contribution in [0.4, 0.5) is 13.2 Å². The third kappa shape index (κ3) is 3.14. The zero-order chi connectivity index (χ0) is 12.6. The first-order chi connectivity index (χ1) is 7.87. The average molecular weight is 314 g/mol. The van der Waals surface area contributed by atoms with Crippen LogP contribution in [0.1, 0.15) is 38.5 Å². The van der Waals surface area contributed by atoms with Crippen molar-refractivity contribution < 1.29 is 18.0 Å². The van der Waals surface area contributed by atoms with Gasteiger partial charge in [-0.2, -0.15) is 13.2 Å². The third-order valence-electron chi connectivity index (χ3n) is 3.59. The number of rotatable bonds is 2. The van der Waals surface area contributed by atoms with Crippen molar-refractivity contribution in [2.75, 3.05) is 0 Å². The van der Waals surface area contributed by atoms with E-state index in [1.54, 1.807) is 4.90 Å². The maximum Gasteiger partial charge on any atom is 0.389 e. The second-order valence-electron chi connectivity index (χ2n) is 4.87. The summed E-state index contributed by atoms with van der Waals surface area (Å²) >= 11 is 3.54. The van der Waals surface area contributed by atoms with E-state index in [4.69, 9.17) is 0 Å². The Hall–Kier alpha value is -0.260. The molecule has 0 aliphatic carbocycles. The highest BCUT2D eigenvalue weighted by Gasteiger charge is 2.42. The van der Waals surface area contributed by atoms with Crippen molar-refractivity contribution in [2.24, 2.45) is 0 Å².